The third-order valence-electron chi connectivity index (χ3n) is 4.99. The number of nitrogens with one attached hydrogen (secondary N) is 2. The molecule has 1 aliphatic rings. The van der Waals surface area contributed by atoms with Crippen LogP contribution in [0.25, 0.3) is 0 Å². The fourth-order valence-corrected chi connectivity index (χ4v) is 3.47. The summed E-state index contributed by atoms with van der Waals surface area (Å²) in [4.78, 5) is 21.4. The lowest BCUT2D eigenvalue weighted by atomic mass is 9.86. The predicted octanol–water partition coefficient (Wildman–Crippen LogP) is 5.33. The zero-order valence-electron chi connectivity index (χ0n) is 17.1. The standard InChI is InChI=1S/C23H30N4O/c1-23(2,3)18-11-7-8-12-19(18)26-21(28)20-14-16-25-22(27-20)24-15-13-17-9-5-4-6-10-17/h7-9,11-12,14,16H,4-6,10,13,15H2,1-3H3,(H,26,28)(H,24,25,27). The third-order valence-corrected chi connectivity index (χ3v) is 4.99. The molecule has 0 radical (unpaired) electrons. The molecule has 28 heavy (non-hydrogen) atoms. The van der Waals surface area contributed by atoms with Crippen LogP contribution >= 0.6 is 0 Å². The maximum atomic E-state index is 12.7. The minimum absolute atomic E-state index is 0.0595. The van der Waals surface area contributed by atoms with Gasteiger partial charge in [-0.25, -0.2) is 9.97 Å². The number of hydrogen-bond acceptors (Lipinski definition) is 4. The first-order chi connectivity index (χ1) is 13.4. The molecule has 2 aromatic rings. The first-order valence-electron chi connectivity index (χ1n) is 10.1. The summed E-state index contributed by atoms with van der Waals surface area (Å²) in [7, 11) is 0. The van der Waals surface area contributed by atoms with Gasteiger partial charge in [-0.05, 0) is 55.2 Å². The monoisotopic (exact) mass is 378 g/mol. The van der Waals surface area contributed by atoms with Crippen molar-refractivity contribution < 1.29 is 4.79 Å². The molecule has 1 aliphatic carbocycles. The van der Waals surface area contributed by atoms with Gasteiger partial charge in [0, 0.05) is 18.4 Å². The predicted molar refractivity (Wildman–Crippen MR) is 115 cm³/mol. The highest BCUT2D eigenvalue weighted by Crippen LogP contribution is 2.29. The lowest BCUT2D eigenvalue weighted by molar-refractivity contribution is 0.102. The van der Waals surface area contributed by atoms with Crippen molar-refractivity contribution in [1.29, 1.82) is 0 Å². The Bertz CT molecular complexity index is 852. The van der Waals surface area contributed by atoms with Crippen LogP contribution in [-0.2, 0) is 5.41 Å². The Morgan fingerprint density at radius 2 is 1.96 bits per heavy atom. The second kappa shape index (κ2) is 9.00. The molecule has 0 atom stereocenters. The van der Waals surface area contributed by atoms with Crippen molar-refractivity contribution in [2.24, 2.45) is 0 Å². The molecule has 148 valence electrons. The molecule has 0 fully saturated rings. The summed E-state index contributed by atoms with van der Waals surface area (Å²) in [5.41, 5.74) is 3.72. The Morgan fingerprint density at radius 3 is 2.71 bits per heavy atom. The lowest BCUT2D eigenvalue weighted by Crippen LogP contribution is -2.20. The molecule has 1 heterocycles. The molecule has 2 N–H and O–H groups in total. The topological polar surface area (TPSA) is 66.9 Å². The number of anilines is 2. The number of nitrogens with zero attached hydrogens (tertiary/aromatic N) is 2. The first-order valence-corrected chi connectivity index (χ1v) is 10.1. The molecule has 5 nitrogen and oxygen atoms in total. The summed E-state index contributed by atoms with van der Waals surface area (Å²) in [6.07, 6.45) is 9.94. The number of amides is 1. The molecule has 5 heteroatoms. The van der Waals surface area contributed by atoms with E-state index in [-0.39, 0.29) is 11.3 Å². The van der Waals surface area contributed by atoms with E-state index in [0.717, 1.165) is 24.2 Å². The number of hydrogen-bond donors (Lipinski definition) is 2. The maximum Gasteiger partial charge on any atom is 0.274 e. The number of rotatable bonds is 6. The van der Waals surface area contributed by atoms with Gasteiger partial charge >= 0.3 is 0 Å². The third kappa shape index (κ3) is 5.41. The van der Waals surface area contributed by atoms with E-state index in [0.29, 0.717) is 11.6 Å². The average Bonchev–Trinajstić information content (AvgIpc) is 2.69. The van der Waals surface area contributed by atoms with Crippen molar-refractivity contribution in [3.05, 3.63) is 59.4 Å². The van der Waals surface area contributed by atoms with Crippen molar-refractivity contribution in [1.82, 2.24) is 9.97 Å². The minimum atomic E-state index is -0.225. The Balaban J connectivity index is 1.63. The summed E-state index contributed by atoms with van der Waals surface area (Å²) >= 11 is 0. The van der Waals surface area contributed by atoms with E-state index >= 15 is 0 Å². The van der Waals surface area contributed by atoms with Crippen LogP contribution in [0.4, 0.5) is 11.6 Å². The highest BCUT2D eigenvalue weighted by molar-refractivity contribution is 6.03. The van der Waals surface area contributed by atoms with Crippen LogP contribution in [0.15, 0.2) is 48.2 Å². The van der Waals surface area contributed by atoms with Gasteiger partial charge in [-0.2, -0.15) is 0 Å². The fourth-order valence-electron chi connectivity index (χ4n) is 3.47. The second-order valence-electron chi connectivity index (χ2n) is 8.30. The van der Waals surface area contributed by atoms with Crippen LogP contribution in [-0.4, -0.2) is 22.4 Å². The van der Waals surface area contributed by atoms with Gasteiger partial charge in [-0.1, -0.05) is 50.6 Å². The largest absolute Gasteiger partial charge is 0.354 e. The molecular weight excluding hydrogens is 348 g/mol. The van der Waals surface area contributed by atoms with Gasteiger partial charge in [-0.3, -0.25) is 4.79 Å². The number of carbonyl (C=O) groups excluding carboxylic acids is 1. The van der Waals surface area contributed by atoms with Crippen molar-refractivity contribution >= 4 is 17.5 Å². The minimum Gasteiger partial charge on any atom is -0.354 e. The Hall–Kier alpha value is -2.69. The number of para-hydroxylation sites is 1. The summed E-state index contributed by atoms with van der Waals surface area (Å²) in [6, 6.07) is 9.53. The van der Waals surface area contributed by atoms with Crippen LogP contribution < -0.4 is 10.6 Å². The van der Waals surface area contributed by atoms with Gasteiger partial charge in [0.25, 0.3) is 5.91 Å². The second-order valence-corrected chi connectivity index (χ2v) is 8.30. The van der Waals surface area contributed by atoms with Crippen molar-refractivity contribution in [3.63, 3.8) is 0 Å². The number of carbonyl (C=O) groups is 1. The Kier molecular flexibility index (Phi) is 6.45. The smallest absolute Gasteiger partial charge is 0.274 e. The number of aromatic nitrogens is 2. The molecule has 1 amide bonds. The molecular formula is C23H30N4O. The van der Waals surface area contributed by atoms with Crippen LogP contribution in [0.1, 0.15) is 68.9 Å². The molecule has 0 saturated heterocycles. The average molecular weight is 379 g/mol. The van der Waals surface area contributed by atoms with E-state index < -0.39 is 0 Å². The van der Waals surface area contributed by atoms with Gasteiger partial charge in [0.05, 0.1) is 0 Å². The normalized spacial score (nSPS) is 14.3. The molecule has 0 aliphatic heterocycles. The zero-order valence-corrected chi connectivity index (χ0v) is 17.1. The van der Waals surface area contributed by atoms with E-state index in [1.54, 1.807) is 12.3 Å². The molecule has 1 aromatic heterocycles. The van der Waals surface area contributed by atoms with Gasteiger partial charge in [0.2, 0.25) is 5.95 Å². The van der Waals surface area contributed by atoms with E-state index in [2.05, 4.69) is 47.4 Å². The maximum absolute atomic E-state index is 12.7. The molecule has 1 aromatic carbocycles. The highest BCUT2D eigenvalue weighted by atomic mass is 16.1. The van der Waals surface area contributed by atoms with E-state index in [1.807, 2.05) is 24.3 Å². The van der Waals surface area contributed by atoms with Gasteiger partial charge in [-0.15, -0.1) is 0 Å². The summed E-state index contributed by atoms with van der Waals surface area (Å²) < 4.78 is 0. The van der Waals surface area contributed by atoms with Crippen LogP contribution in [0.3, 0.4) is 0 Å². The Morgan fingerprint density at radius 1 is 1.14 bits per heavy atom. The van der Waals surface area contributed by atoms with Crippen LogP contribution in [0, 0.1) is 0 Å². The zero-order chi connectivity index (χ0) is 20.0. The van der Waals surface area contributed by atoms with E-state index in [1.165, 1.54) is 31.3 Å². The number of benzene rings is 1. The summed E-state index contributed by atoms with van der Waals surface area (Å²) in [5.74, 6) is 0.269. The summed E-state index contributed by atoms with van der Waals surface area (Å²) in [5, 5.41) is 6.25. The fraction of sp³-hybridized carbons (Fsp3) is 0.435. The van der Waals surface area contributed by atoms with Crippen LogP contribution in [0.5, 0.6) is 0 Å². The van der Waals surface area contributed by atoms with Gasteiger partial charge in [0.1, 0.15) is 5.69 Å². The quantitative estimate of drug-likeness (QED) is 0.667. The molecule has 3 rings (SSSR count). The SMILES string of the molecule is CC(C)(C)c1ccccc1NC(=O)c1ccnc(NCCC2=CCCCC2)n1. The summed E-state index contributed by atoms with van der Waals surface area (Å²) in [6.45, 7) is 7.18. The molecule has 0 unspecified atom stereocenters. The van der Waals surface area contributed by atoms with Crippen molar-refractivity contribution in [3.8, 4) is 0 Å². The van der Waals surface area contributed by atoms with Gasteiger partial charge < -0.3 is 10.6 Å². The first kappa shape index (κ1) is 20.1. The highest BCUT2D eigenvalue weighted by Gasteiger charge is 2.19. The number of allylic oxidation sites excluding steroid dienone is 1. The van der Waals surface area contributed by atoms with E-state index in [9.17, 15) is 4.79 Å². The Labute approximate surface area is 167 Å². The molecule has 0 spiro atoms. The van der Waals surface area contributed by atoms with Gasteiger partial charge in [0.15, 0.2) is 0 Å². The molecule has 0 saturated carbocycles. The van der Waals surface area contributed by atoms with Crippen molar-refractivity contribution in [2.75, 3.05) is 17.2 Å². The lowest BCUT2D eigenvalue weighted by Gasteiger charge is -2.22. The van der Waals surface area contributed by atoms with Crippen LogP contribution in [0.2, 0.25) is 0 Å². The van der Waals surface area contributed by atoms with Crippen molar-refractivity contribution in [2.45, 2.75) is 58.3 Å². The molecule has 0 bridgehead atoms. The van der Waals surface area contributed by atoms with E-state index in [4.69, 9.17) is 0 Å².